The molecule has 13 heavy (non-hydrogen) atoms. The zero-order valence-corrected chi connectivity index (χ0v) is 9.16. The molecule has 1 aromatic heterocycles. The van der Waals surface area contributed by atoms with Gasteiger partial charge in [-0.3, -0.25) is 0 Å². The number of hydrogen-bond donors (Lipinski definition) is 0. The first-order chi connectivity index (χ1) is 6.29. The largest absolute Gasteiger partial charge is 0.353 e. The molecule has 2 rings (SSSR count). The van der Waals surface area contributed by atoms with Gasteiger partial charge in [-0.25, -0.2) is 9.97 Å². The summed E-state index contributed by atoms with van der Waals surface area (Å²) in [7, 11) is 0. The van der Waals surface area contributed by atoms with Crippen LogP contribution in [0.5, 0.6) is 0 Å². The molecule has 0 aliphatic carbocycles. The molecule has 1 aliphatic heterocycles. The van der Waals surface area contributed by atoms with Gasteiger partial charge in [-0.1, -0.05) is 0 Å². The molecule has 1 atom stereocenters. The predicted octanol–water partition coefficient (Wildman–Crippen LogP) is 2.23. The van der Waals surface area contributed by atoms with Gasteiger partial charge in [0.2, 0.25) is 0 Å². The summed E-state index contributed by atoms with van der Waals surface area (Å²) in [6.07, 6.45) is 5.92. The van der Waals surface area contributed by atoms with Gasteiger partial charge >= 0.3 is 0 Å². The highest BCUT2D eigenvalue weighted by Gasteiger charge is 2.22. The van der Waals surface area contributed by atoms with Gasteiger partial charge in [0, 0.05) is 18.8 Å². The van der Waals surface area contributed by atoms with E-state index in [1.54, 1.807) is 12.5 Å². The average molecular weight is 242 g/mol. The van der Waals surface area contributed by atoms with Crippen molar-refractivity contribution in [1.29, 1.82) is 0 Å². The molecule has 0 amide bonds. The topological polar surface area (TPSA) is 29.0 Å². The molecule has 0 bridgehead atoms. The minimum Gasteiger partial charge on any atom is -0.353 e. The van der Waals surface area contributed by atoms with Crippen molar-refractivity contribution in [3.8, 4) is 0 Å². The summed E-state index contributed by atoms with van der Waals surface area (Å²) in [6.45, 7) is 3.35. The van der Waals surface area contributed by atoms with E-state index in [-0.39, 0.29) is 0 Å². The molecule has 0 N–H and O–H groups in total. The van der Waals surface area contributed by atoms with E-state index in [1.165, 1.54) is 12.8 Å². The summed E-state index contributed by atoms with van der Waals surface area (Å²) in [5, 5.41) is 0. The second-order valence-corrected chi connectivity index (χ2v) is 4.23. The third kappa shape index (κ3) is 1.68. The van der Waals surface area contributed by atoms with Crippen molar-refractivity contribution >= 4 is 21.7 Å². The van der Waals surface area contributed by atoms with Crippen LogP contribution in [0.15, 0.2) is 17.0 Å². The maximum Gasteiger partial charge on any atom is 0.146 e. The van der Waals surface area contributed by atoms with Crippen LogP contribution in [0.4, 0.5) is 5.82 Å². The highest BCUT2D eigenvalue weighted by molar-refractivity contribution is 9.10. The first kappa shape index (κ1) is 8.94. The van der Waals surface area contributed by atoms with E-state index in [1.807, 2.05) is 0 Å². The Morgan fingerprint density at radius 2 is 2.46 bits per heavy atom. The first-order valence-electron chi connectivity index (χ1n) is 4.51. The fourth-order valence-electron chi connectivity index (χ4n) is 1.77. The molecule has 0 saturated carbocycles. The zero-order chi connectivity index (χ0) is 9.26. The summed E-state index contributed by atoms with van der Waals surface area (Å²) in [5.74, 6) is 1.03. The van der Waals surface area contributed by atoms with E-state index in [2.05, 4.69) is 37.7 Å². The standard InChI is InChI=1S/C9H12BrN3/c1-7-3-2-4-13(7)9-8(10)5-11-6-12-9/h5-7H,2-4H2,1H3. The Kier molecular flexibility index (Phi) is 2.49. The second-order valence-electron chi connectivity index (χ2n) is 3.38. The van der Waals surface area contributed by atoms with E-state index in [0.717, 1.165) is 16.8 Å². The van der Waals surface area contributed by atoms with Crippen molar-refractivity contribution < 1.29 is 0 Å². The second kappa shape index (κ2) is 3.62. The smallest absolute Gasteiger partial charge is 0.146 e. The Balaban J connectivity index is 2.29. The lowest BCUT2D eigenvalue weighted by atomic mass is 10.2. The van der Waals surface area contributed by atoms with Gasteiger partial charge in [0.25, 0.3) is 0 Å². The molecular weight excluding hydrogens is 230 g/mol. The number of halogens is 1. The van der Waals surface area contributed by atoms with Gasteiger partial charge in [0.15, 0.2) is 0 Å². The quantitative estimate of drug-likeness (QED) is 0.756. The maximum atomic E-state index is 4.28. The van der Waals surface area contributed by atoms with Gasteiger partial charge in [0.1, 0.15) is 12.1 Å². The van der Waals surface area contributed by atoms with Crippen molar-refractivity contribution in [3.05, 3.63) is 17.0 Å². The van der Waals surface area contributed by atoms with Crippen molar-refractivity contribution in [2.24, 2.45) is 0 Å². The van der Waals surface area contributed by atoms with E-state index in [0.29, 0.717) is 6.04 Å². The molecule has 1 fully saturated rings. The van der Waals surface area contributed by atoms with Crippen LogP contribution in [-0.2, 0) is 0 Å². The van der Waals surface area contributed by atoms with Gasteiger partial charge in [0.05, 0.1) is 4.47 Å². The SMILES string of the molecule is CC1CCCN1c1ncncc1Br. The van der Waals surface area contributed by atoms with Crippen LogP contribution in [0.25, 0.3) is 0 Å². The van der Waals surface area contributed by atoms with E-state index in [4.69, 9.17) is 0 Å². The molecule has 1 aromatic rings. The predicted molar refractivity (Wildman–Crippen MR) is 55.8 cm³/mol. The third-order valence-corrected chi connectivity index (χ3v) is 3.03. The molecule has 3 nitrogen and oxygen atoms in total. The van der Waals surface area contributed by atoms with Crippen LogP contribution in [0.1, 0.15) is 19.8 Å². The molecule has 0 radical (unpaired) electrons. The monoisotopic (exact) mass is 241 g/mol. The average Bonchev–Trinajstić information content (AvgIpc) is 2.52. The zero-order valence-electron chi connectivity index (χ0n) is 7.57. The highest BCUT2D eigenvalue weighted by atomic mass is 79.9. The van der Waals surface area contributed by atoms with Crippen LogP contribution in [-0.4, -0.2) is 22.6 Å². The van der Waals surface area contributed by atoms with Crippen molar-refractivity contribution in [2.45, 2.75) is 25.8 Å². The Morgan fingerprint density at radius 1 is 1.62 bits per heavy atom. The summed E-state index contributed by atoms with van der Waals surface area (Å²) < 4.78 is 0.990. The lowest BCUT2D eigenvalue weighted by Gasteiger charge is -2.22. The Morgan fingerprint density at radius 3 is 3.08 bits per heavy atom. The molecule has 1 unspecified atom stereocenters. The molecule has 0 spiro atoms. The maximum absolute atomic E-state index is 4.28. The molecular formula is C9H12BrN3. The summed E-state index contributed by atoms with van der Waals surface area (Å²) in [4.78, 5) is 10.6. The normalized spacial score (nSPS) is 22.3. The highest BCUT2D eigenvalue weighted by Crippen LogP contribution is 2.28. The van der Waals surface area contributed by atoms with Gasteiger partial charge in [-0.05, 0) is 35.7 Å². The Labute approximate surface area is 86.3 Å². The lowest BCUT2D eigenvalue weighted by Crippen LogP contribution is -2.27. The van der Waals surface area contributed by atoms with Crippen LogP contribution < -0.4 is 4.90 Å². The summed E-state index contributed by atoms with van der Waals surface area (Å²) >= 11 is 3.47. The van der Waals surface area contributed by atoms with Gasteiger partial charge in [-0.2, -0.15) is 0 Å². The molecule has 0 aromatic carbocycles. The third-order valence-electron chi connectivity index (χ3n) is 2.47. The van der Waals surface area contributed by atoms with Crippen LogP contribution in [0.3, 0.4) is 0 Å². The summed E-state index contributed by atoms with van der Waals surface area (Å²) in [5.41, 5.74) is 0. The molecule has 4 heteroatoms. The number of anilines is 1. The summed E-state index contributed by atoms with van der Waals surface area (Å²) in [6, 6.07) is 0.603. The molecule has 70 valence electrons. The van der Waals surface area contributed by atoms with Gasteiger partial charge < -0.3 is 4.90 Å². The van der Waals surface area contributed by atoms with Crippen LogP contribution in [0.2, 0.25) is 0 Å². The molecule has 2 heterocycles. The number of hydrogen-bond acceptors (Lipinski definition) is 3. The van der Waals surface area contributed by atoms with E-state index in [9.17, 15) is 0 Å². The molecule has 1 aliphatic rings. The van der Waals surface area contributed by atoms with Crippen molar-refractivity contribution in [2.75, 3.05) is 11.4 Å². The van der Waals surface area contributed by atoms with Crippen LogP contribution >= 0.6 is 15.9 Å². The van der Waals surface area contributed by atoms with Crippen molar-refractivity contribution in [3.63, 3.8) is 0 Å². The van der Waals surface area contributed by atoms with Crippen LogP contribution in [0, 0.1) is 0 Å². The fraction of sp³-hybridized carbons (Fsp3) is 0.556. The Hall–Kier alpha value is -0.640. The number of rotatable bonds is 1. The fourth-order valence-corrected chi connectivity index (χ4v) is 2.21. The van der Waals surface area contributed by atoms with E-state index < -0.39 is 0 Å². The first-order valence-corrected chi connectivity index (χ1v) is 5.30. The number of aromatic nitrogens is 2. The van der Waals surface area contributed by atoms with E-state index >= 15 is 0 Å². The number of nitrogens with zero attached hydrogens (tertiary/aromatic N) is 3. The minimum absolute atomic E-state index is 0.603. The Bertz CT molecular complexity index is 303. The van der Waals surface area contributed by atoms with Gasteiger partial charge in [-0.15, -0.1) is 0 Å². The van der Waals surface area contributed by atoms with Crippen molar-refractivity contribution in [1.82, 2.24) is 9.97 Å². The lowest BCUT2D eigenvalue weighted by molar-refractivity contribution is 0.724. The molecule has 1 saturated heterocycles. The minimum atomic E-state index is 0.603.